The first-order chi connectivity index (χ1) is 20.0. The molecule has 0 aliphatic heterocycles. The molecule has 0 fully saturated rings. The minimum atomic E-state index is -0.365. The van der Waals surface area contributed by atoms with Crippen molar-refractivity contribution in [3.8, 4) is 28.7 Å². The highest BCUT2D eigenvalue weighted by Gasteiger charge is 2.20. The molecule has 0 bridgehead atoms. The molecule has 0 aliphatic carbocycles. The second kappa shape index (κ2) is 14.1. The number of methoxy groups -OCH3 is 3. The van der Waals surface area contributed by atoms with E-state index in [1.54, 1.807) is 36.4 Å². The molecule has 41 heavy (non-hydrogen) atoms. The van der Waals surface area contributed by atoms with Crippen LogP contribution in [0.5, 0.6) is 23.0 Å². The van der Waals surface area contributed by atoms with Crippen LogP contribution in [0.3, 0.4) is 0 Å². The van der Waals surface area contributed by atoms with E-state index in [2.05, 4.69) is 20.8 Å². The number of carbonyl (C=O) groups is 2. The monoisotopic (exact) mass is 577 g/mol. The van der Waals surface area contributed by atoms with Gasteiger partial charge in [-0.1, -0.05) is 30.0 Å². The highest BCUT2D eigenvalue weighted by Crippen LogP contribution is 2.38. The van der Waals surface area contributed by atoms with Gasteiger partial charge in [-0.25, -0.2) is 0 Å². The summed E-state index contributed by atoms with van der Waals surface area (Å²) in [5.74, 6) is 1.90. The van der Waals surface area contributed by atoms with Crippen molar-refractivity contribution < 1.29 is 28.5 Å². The number of nitrogens with one attached hydrogen (secondary N) is 2. The average Bonchev–Trinajstić information content (AvgIpc) is 3.42. The summed E-state index contributed by atoms with van der Waals surface area (Å²) in [6, 6.07) is 19.8. The predicted molar refractivity (Wildman–Crippen MR) is 156 cm³/mol. The molecular weight excluding hydrogens is 546 g/mol. The SMILES string of the molecule is CCOc1ccc(NC(=O)CSc2nnc(CNC(=O)c3cc(OC)c(OC)c(OC)c3)n2-c2ccccc2)cc1. The third-order valence-corrected chi connectivity index (χ3v) is 6.76. The van der Waals surface area contributed by atoms with Crippen molar-refractivity contribution in [2.75, 3.05) is 39.0 Å². The normalized spacial score (nSPS) is 10.5. The van der Waals surface area contributed by atoms with Crippen LogP contribution in [0, 0.1) is 0 Å². The number of benzene rings is 3. The van der Waals surface area contributed by atoms with E-state index in [4.69, 9.17) is 18.9 Å². The van der Waals surface area contributed by atoms with Crippen LogP contribution in [0.4, 0.5) is 5.69 Å². The Morgan fingerprint density at radius 1 is 0.902 bits per heavy atom. The standard InChI is InChI=1S/C29H31N5O6S/c1-5-40-22-13-11-20(12-14-22)31-26(35)18-41-29-33-32-25(34(29)21-9-7-6-8-10-21)17-30-28(36)19-15-23(37-2)27(39-4)24(16-19)38-3/h6-16H,5,17-18H2,1-4H3,(H,30,36)(H,31,35). The molecule has 1 aromatic heterocycles. The molecule has 12 heteroatoms. The van der Waals surface area contributed by atoms with Gasteiger partial charge in [0.1, 0.15) is 5.75 Å². The lowest BCUT2D eigenvalue weighted by molar-refractivity contribution is -0.113. The number of nitrogens with zero attached hydrogens (tertiary/aromatic N) is 3. The smallest absolute Gasteiger partial charge is 0.251 e. The van der Waals surface area contributed by atoms with Crippen LogP contribution in [0.1, 0.15) is 23.1 Å². The zero-order chi connectivity index (χ0) is 29.2. The maximum Gasteiger partial charge on any atom is 0.251 e. The van der Waals surface area contributed by atoms with Crippen LogP contribution in [-0.2, 0) is 11.3 Å². The van der Waals surface area contributed by atoms with E-state index in [1.165, 1.54) is 33.1 Å². The fourth-order valence-electron chi connectivity index (χ4n) is 3.95. The predicted octanol–water partition coefficient (Wildman–Crippen LogP) is 4.35. The van der Waals surface area contributed by atoms with Crippen LogP contribution in [-0.4, -0.2) is 60.3 Å². The van der Waals surface area contributed by atoms with Gasteiger partial charge in [0.15, 0.2) is 22.5 Å². The van der Waals surface area contributed by atoms with E-state index in [1.807, 2.05) is 41.8 Å². The Hall–Kier alpha value is -4.71. The van der Waals surface area contributed by atoms with Gasteiger partial charge in [0.2, 0.25) is 11.7 Å². The first-order valence-electron chi connectivity index (χ1n) is 12.7. The number of aromatic nitrogens is 3. The van der Waals surface area contributed by atoms with Crippen LogP contribution >= 0.6 is 11.8 Å². The first kappa shape index (κ1) is 29.3. The summed E-state index contributed by atoms with van der Waals surface area (Å²) in [7, 11) is 4.47. The van der Waals surface area contributed by atoms with Gasteiger partial charge in [-0.05, 0) is 55.5 Å². The lowest BCUT2D eigenvalue weighted by atomic mass is 10.1. The highest BCUT2D eigenvalue weighted by atomic mass is 32.2. The summed E-state index contributed by atoms with van der Waals surface area (Å²) in [4.78, 5) is 25.7. The summed E-state index contributed by atoms with van der Waals surface area (Å²) < 4.78 is 23.3. The molecule has 4 aromatic rings. The number of ether oxygens (including phenoxy) is 4. The van der Waals surface area contributed by atoms with Gasteiger partial charge in [0.05, 0.1) is 40.2 Å². The van der Waals surface area contributed by atoms with Gasteiger partial charge in [-0.2, -0.15) is 0 Å². The zero-order valence-electron chi connectivity index (χ0n) is 23.2. The van der Waals surface area contributed by atoms with Gasteiger partial charge in [0, 0.05) is 16.9 Å². The molecule has 3 aromatic carbocycles. The van der Waals surface area contributed by atoms with Gasteiger partial charge < -0.3 is 29.6 Å². The van der Waals surface area contributed by atoms with Gasteiger partial charge in [0.25, 0.3) is 5.91 Å². The van der Waals surface area contributed by atoms with Crippen LogP contribution in [0.2, 0.25) is 0 Å². The molecule has 0 aliphatic rings. The fraction of sp³-hybridized carbons (Fsp3) is 0.241. The van der Waals surface area contributed by atoms with Crippen molar-refractivity contribution in [3.05, 3.63) is 78.1 Å². The second-order valence-electron chi connectivity index (χ2n) is 8.46. The summed E-state index contributed by atoms with van der Waals surface area (Å²) in [5, 5.41) is 14.9. The Balaban J connectivity index is 1.48. The first-order valence-corrected chi connectivity index (χ1v) is 13.7. The van der Waals surface area contributed by atoms with Crippen molar-refractivity contribution in [3.63, 3.8) is 0 Å². The quantitative estimate of drug-likeness (QED) is 0.223. The van der Waals surface area contributed by atoms with E-state index in [0.29, 0.717) is 46.1 Å². The van der Waals surface area contributed by atoms with Gasteiger partial charge in [-0.3, -0.25) is 14.2 Å². The van der Waals surface area contributed by atoms with Crippen molar-refractivity contribution in [1.29, 1.82) is 0 Å². The maximum atomic E-state index is 13.1. The van der Waals surface area contributed by atoms with E-state index in [0.717, 1.165) is 11.4 Å². The molecular formula is C29H31N5O6S. The Labute approximate surface area is 242 Å². The molecule has 2 N–H and O–H groups in total. The second-order valence-corrected chi connectivity index (χ2v) is 9.40. The number of amides is 2. The molecule has 4 rings (SSSR count). The van der Waals surface area contributed by atoms with Crippen LogP contribution < -0.4 is 29.6 Å². The van der Waals surface area contributed by atoms with Crippen LogP contribution in [0.15, 0.2) is 71.9 Å². The maximum absolute atomic E-state index is 13.1. The molecule has 0 saturated heterocycles. The van der Waals surface area contributed by atoms with Gasteiger partial charge >= 0.3 is 0 Å². The summed E-state index contributed by atoms with van der Waals surface area (Å²) in [5.41, 5.74) is 1.79. The molecule has 0 saturated carbocycles. The van der Waals surface area contributed by atoms with E-state index < -0.39 is 0 Å². The molecule has 0 radical (unpaired) electrons. The van der Waals surface area contributed by atoms with E-state index >= 15 is 0 Å². The Morgan fingerprint density at radius 3 is 2.20 bits per heavy atom. The van der Waals surface area contributed by atoms with Crippen molar-refractivity contribution >= 4 is 29.3 Å². The number of hydrogen-bond acceptors (Lipinski definition) is 9. The Morgan fingerprint density at radius 2 is 1.59 bits per heavy atom. The summed E-state index contributed by atoms with van der Waals surface area (Å²) in [6.45, 7) is 2.56. The average molecular weight is 578 g/mol. The van der Waals surface area contributed by atoms with E-state index in [9.17, 15) is 9.59 Å². The lowest BCUT2D eigenvalue weighted by Gasteiger charge is -2.14. The van der Waals surface area contributed by atoms with Crippen molar-refractivity contribution in [1.82, 2.24) is 20.1 Å². The minimum Gasteiger partial charge on any atom is -0.494 e. The summed E-state index contributed by atoms with van der Waals surface area (Å²) in [6.07, 6.45) is 0. The number of anilines is 1. The molecule has 214 valence electrons. The molecule has 0 spiro atoms. The number of carbonyl (C=O) groups excluding carboxylic acids is 2. The van der Waals surface area contributed by atoms with Crippen LogP contribution in [0.25, 0.3) is 5.69 Å². The number of rotatable bonds is 13. The molecule has 0 atom stereocenters. The number of hydrogen-bond donors (Lipinski definition) is 2. The topological polar surface area (TPSA) is 126 Å². The third kappa shape index (κ3) is 7.28. The zero-order valence-corrected chi connectivity index (χ0v) is 24.0. The highest BCUT2D eigenvalue weighted by molar-refractivity contribution is 7.99. The Bertz CT molecular complexity index is 1450. The van der Waals surface area contributed by atoms with Crippen molar-refractivity contribution in [2.24, 2.45) is 0 Å². The van der Waals surface area contributed by atoms with E-state index in [-0.39, 0.29) is 24.1 Å². The third-order valence-electron chi connectivity index (χ3n) is 5.83. The van der Waals surface area contributed by atoms with Crippen molar-refractivity contribution in [2.45, 2.75) is 18.6 Å². The molecule has 2 amide bonds. The number of thioether (sulfide) groups is 1. The fourth-order valence-corrected chi connectivity index (χ4v) is 4.72. The summed E-state index contributed by atoms with van der Waals surface area (Å²) >= 11 is 1.24. The largest absolute Gasteiger partial charge is 0.494 e. The molecule has 0 unspecified atom stereocenters. The molecule has 1 heterocycles. The molecule has 11 nitrogen and oxygen atoms in total. The number of para-hydroxylation sites is 1. The minimum absolute atomic E-state index is 0.0797. The van der Waals surface area contributed by atoms with Gasteiger partial charge in [-0.15, -0.1) is 10.2 Å². The lowest BCUT2D eigenvalue weighted by Crippen LogP contribution is -2.25. The Kier molecular flexibility index (Phi) is 10.1.